The van der Waals surface area contributed by atoms with Crippen molar-refractivity contribution in [3.8, 4) is 0 Å². The maximum Gasteiger partial charge on any atom is 0.129 e. The van der Waals surface area contributed by atoms with Gasteiger partial charge in [0.25, 0.3) is 0 Å². The van der Waals surface area contributed by atoms with Gasteiger partial charge in [-0.3, -0.25) is 4.90 Å². The highest BCUT2D eigenvalue weighted by Crippen LogP contribution is 2.18. The van der Waals surface area contributed by atoms with Crippen LogP contribution in [0.25, 0.3) is 0 Å². The Morgan fingerprint density at radius 3 is 2.67 bits per heavy atom. The zero-order valence-corrected chi connectivity index (χ0v) is 12.1. The van der Waals surface area contributed by atoms with Gasteiger partial charge in [-0.2, -0.15) is 0 Å². The molecule has 3 heteroatoms. The van der Waals surface area contributed by atoms with E-state index in [4.69, 9.17) is 4.74 Å². The Labute approximate surface area is 112 Å². The van der Waals surface area contributed by atoms with Gasteiger partial charge < -0.3 is 9.53 Å². The quantitative estimate of drug-likeness (QED) is 0.562. The summed E-state index contributed by atoms with van der Waals surface area (Å²) in [6.07, 6.45) is 9.54. The summed E-state index contributed by atoms with van der Waals surface area (Å²) in [5.41, 5.74) is 0. The van der Waals surface area contributed by atoms with Gasteiger partial charge in [0.05, 0.1) is 6.61 Å². The maximum atomic E-state index is 10.8. The first-order chi connectivity index (χ1) is 8.74. The van der Waals surface area contributed by atoms with Crippen molar-refractivity contribution in [1.29, 1.82) is 0 Å². The van der Waals surface area contributed by atoms with Crippen LogP contribution < -0.4 is 0 Å². The van der Waals surface area contributed by atoms with Crippen LogP contribution in [-0.2, 0) is 9.53 Å². The summed E-state index contributed by atoms with van der Waals surface area (Å²) in [4.78, 5) is 13.4. The lowest BCUT2D eigenvalue weighted by Crippen LogP contribution is -2.33. The molecule has 0 aliphatic carbocycles. The standard InChI is InChI=1S/C15H29NO2/c1-14(17)9-6-4-3-5-7-11-16-12-8-10-15(16)13-18-2/h15H,3-13H2,1-2H3. The summed E-state index contributed by atoms with van der Waals surface area (Å²) in [6, 6.07) is 0.660. The van der Waals surface area contributed by atoms with Crippen molar-refractivity contribution in [1.82, 2.24) is 4.90 Å². The maximum absolute atomic E-state index is 10.8. The molecule has 1 unspecified atom stereocenters. The van der Waals surface area contributed by atoms with E-state index >= 15 is 0 Å². The largest absolute Gasteiger partial charge is 0.383 e. The summed E-state index contributed by atoms with van der Waals surface area (Å²) >= 11 is 0. The average molecular weight is 255 g/mol. The second kappa shape index (κ2) is 9.51. The molecule has 1 saturated heterocycles. The molecule has 0 N–H and O–H groups in total. The molecule has 1 aliphatic heterocycles. The predicted octanol–water partition coefficient (Wildman–Crippen LogP) is 3.03. The van der Waals surface area contributed by atoms with E-state index in [0.717, 1.165) is 19.4 Å². The zero-order chi connectivity index (χ0) is 13.2. The third kappa shape index (κ3) is 6.50. The van der Waals surface area contributed by atoms with Gasteiger partial charge in [-0.15, -0.1) is 0 Å². The van der Waals surface area contributed by atoms with Crippen LogP contribution in [0.4, 0.5) is 0 Å². The van der Waals surface area contributed by atoms with E-state index in [9.17, 15) is 4.79 Å². The Balaban J connectivity index is 1.95. The molecule has 0 aromatic rings. The van der Waals surface area contributed by atoms with Crippen molar-refractivity contribution in [2.45, 2.75) is 64.3 Å². The van der Waals surface area contributed by atoms with Crippen LogP contribution in [0.1, 0.15) is 58.3 Å². The SMILES string of the molecule is COCC1CCCN1CCCCCCCC(C)=O. The molecule has 1 rings (SSSR count). The fraction of sp³-hybridized carbons (Fsp3) is 0.933. The first kappa shape index (κ1) is 15.6. The first-order valence-corrected chi connectivity index (χ1v) is 7.46. The van der Waals surface area contributed by atoms with Crippen molar-refractivity contribution in [3.63, 3.8) is 0 Å². The summed E-state index contributed by atoms with van der Waals surface area (Å²) in [5, 5.41) is 0. The summed E-state index contributed by atoms with van der Waals surface area (Å²) < 4.78 is 5.26. The number of methoxy groups -OCH3 is 1. The third-order valence-electron chi connectivity index (χ3n) is 3.83. The van der Waals surface area contributed by atoms with Gasteiger partial charge in [0, 0.05) is 19.6 Å². The summed E-state index contributed by atoms with van der Waals surface area (Å²) in [7, 11) is 1.80. The van der Waals surface area contributed by atoms with E-state index in [1.54, 1.807) is 14.0 Å². The van der Waals surface area contributed by atoms with Crippen molar-refractivity contribution >= 4 is 5.78 Å². The lowest BCUT2D eigenvalue weighted by molar-refractivity contribution is -0.117. The van der Waals surface area contributed by atoms with E-state index in [1.807, 2.05) is 0 Å². The fourth-order valence-electron chi connectivity index (χ4n) is 2.79. The number of ether oxygens (including phenoxy) is 1. The van der Waals surface area contributed by atoms with Crippen molar-refractivity contribution < 1.29 is 9.53 Å². The highest BCUT2D eigenvalue weighted by Gasteiger charge is 2.23. The highest BCUT2D eigenvalue weighted by atomic mass is 16.5. The molecule has 106 valence electrons. The Kier molecular flexibility index (Phi) is 8.27. The Bertz CT molecular complexity index is 231. The second-order valence-corrected chi connectivity index (χ2v) is 5.51. The minimum Gasteiger partial charge on any atom is -0.383 e. The Hall–Kier alpha value is -0.410. The van der Waals surface area contributed by atoms with Gasteiger partial charge in [0.15, 0.2) is 0 Å². The Morgan fingerprint density at radius 2 is 1.94 bits per heavy atom. The molecule has 0 aromatic carbocycles. The van der Waals surface area contributed by atoms with Gasteiger partial charge >= 0.3 is 0 Å². The number of hydrogen-bond acceptors (Lipinski definition) is 3. The average Bonchev–Trinajstić information content (AvgIpc) is 2.76. The molecule has 0 bridgehead atoms. The summed E-state index contributed by atoms with van der Waals surface area (Å²) in [6.45, 7) is 5.04. The number of unbranched alkanes of at least 4 members (excludes halogenated alkanes) is 4. The lowest BCUT2D eigenvalue weighted by atomic mass is 10.1. The number of carbonyl (C=O) groups excluding carboxylic acids is 1. The molecule has 0 radical (unpaired) electrons. The minimum atomic E-state index is 0.328. The number of likely N-dealkylation sites (tertiary alicyclic amines) is 1. The van der Waals surface area contributed by atoms with Crippen LogP contribution >= 0.6 is 0 Å². The molecule has 0 spiro atoms. The van der Waals surface area contributed by atoms with E-state index in [0.29, 0.717) is 11.8 Å². The van der Waals surface area contributed by atoms with Crippen molar-refractivity contribution in [3.05, 3.63) is 0 Å². The fourth-order valence-corrected chi connectivity index (χ4v) is 2.79. The molecule has 3 nitrogen and oxygen atoms in total. The van der Waals surface area contributed by atoms with Crippen LogP contribution in [-0.4, -0.2) is 43.5 Å². The number of Topliss-reactive ketones (excluding diaryl/α,β-unsaturated/α-hetero) is 1. The zero-order valence-electron chi connectivity index (χ0n) is 12.1. The van der Waals surface area contributed by atoms with Crippen LogP contribution in [0.15, 0.2) is 0 Å². The number of nitrogens with zero attached hydrogens (tertiary/aromatic N) is 1. The number of carbonyl (C=O) groups is 1. The molecular weight excluding hydrogens is 226 g/mol. The van der Waals surface area contributed by atoms with E-state index in [2.05, 4.69) is 4.90 Å². The highest BCUT2D eigenvalue weighted by molar-refractivity contribution is 5.75. The summed E-state index contributed by atoms with van der Waals surface area (Å²) in [5.74, 6) is 0.328. The van der Waals surface area contributed by atoms with Gasteiger partial charge in [-0.25, -0.2) is 0 Å². The molecule has 1 heterocycles. The van der Waals surface area contributed by atoms with Gasteiger partial charge in [0.1, 0.15) is 5.78 Å². The molecule has 0 amide bonds. The number of rotatable bonds is 10. The topological polar surface area (TPSA) is 29.5 Å². The Morgan fingerprint density at radius 1 is 1.22 bits per heavy atom. The number of ketones is 1. The molecule has 1 aliphatic rings. The molecule has 18 heavy (non-hydrogen) atoms. The smallest absolute Gasteiger partial charge is 0.129 e. The predicted molar refractivity (Wildman–Crippen MR) is 74.9 cm³/mol. The van der Waals surface area contributed by atoms with Crippen LogP contribution in [0.2, 0.25) is 0 Å². The van der Waals surface area contributed by atoms with Gasteiger partial charge in [0.2, 0.25) is 0 Å². The van der Waals surface area contributed by atoms with Crippen LogP contribution in [0.3, 0.4) is 0 Å². The van der Waals surface area contributed by atoms with E-state index < -0.39 is 0 Å². The molecule has 0 aromatic heterocycles. The molecule has 0 saturated carbocycles. The molecule has 1 fully saturated rings. The molecular formula is C15H29NO2. The first-order valence-electron chi connectivity index (χ1n) is 7.46. The molecule has 1 atom stereocenters. The van der Waals surface area contributed by atoms with Crippen molar-refractivity contribution in [2.24, 2.45) is 0 Å². The monoisotopic (exact) mass is 255 g/mol. The van der Waals surface area contributed by atoms with Gasteiger partial charge in [-0.05, 0) is 45.7 Å². The number of hydrogen-bond donors (Lipinski definition) is 0. The van der Waals surface area contributed by atoms with Gasteiger partial charge in [-0.1, -0.05) is 19.3 Å². The third-order valence-corrected chi connectivity index (χ3v) is 3.83. The normalized spacial score (nSPS) is 20.4. The van der Waals surface area contributed by atoms with E-state index in [-0.39, 0.29) is 0 Å². The minimum absolute atomic E-state index is 0.328. The second-order valence-electron chi connectivity index (χ2n) is 5.51. The van der Waals surface area contributed by atoms with Crippen LogP contribution in [0.5, 0.6) is 0 Å². The lowest BCUT2D eigenvalue weighted by Gasteiger charge is -2.23. The van der Waals surface area contributed by atoms with Crippen LogP contribution in [0, 0.1) is 0 Å². The van der Waals surface area contributed by atoms with Crippen molar-refractivity contribution in [2.75, 3.05) is 26.8 Å². The van der Waals surface area contributed by atoms with E-state index in [1.165, 1.54) is 51.6 Å².